The lowest BCUT2D eigenvalue weighted by atomic mass is 10.2. The molecule has 3 rings (SSSR count). The van der Waals surface area contributed by atoms with E-state index in [0.29, 0.717) is 10.2 Å². The van der Waals surface area contributed by atoms with Crippen molar-refractivity contribution in [3.63, 3.8) is 0 Å². The van der Waals surface area contributed by atoms with Crippen LogP contribution in [0, 0.1) is 11.6 Å². The summed E-state index contributed by atoms with van der Waals surface area (Å²) in [6.07, 6.45) is 0.848. The van der Waals surface area contributed by atoms with Crippen molar-refractivity contribution < 1.29 is 8.78 Å². The van der Waals surface area contributed by atoms with Crippen molar-refractivity contribution in [1.29, 1.82) is 0 Å². The summed E-state index contributed by atoms with van der Waals surface area (Å²) in [5.74, 6) is -1.43. The average Bonchev–Trinajstić information content (AvgIpc) is 2.82. The van der Waals surface area contributed by atoms with E-state index in [4.69, 9.17) is 11.6 Å². The lowest BCUT2D eigenvalue weighted by Gasteiger charge is -2.04. The summed E-state index contributed by atoms with van der Waals surface area (Å²) in [6, 6.07) is 5.55. The Morgan fingerprint density at radius 2 is 1.90 bits per heavy atom. The van der Waals surface area contributed by atoms with Crippen LogP contribution in [0.5, 0.6) is 0 Å². The summed E-state index contributed by atoms with van der Waals surface area (Å²) in [6.45, 7) is 2.02. The molecule has 6 heteroatoms. The van der Waals surface area contributed by atoms with Crippen LogP contribution in [-0.4, -0.2) is 9.97 Å². The minimum atomic E-state index is -0.701. The zero-order valence-electron chi connectivity index (χ0n) is 10.5. The molecule has 0 unspecified atom stereocenters. The van der Waals surface area contributed by atoms with Gasteiger partial charge in [-0.05, 0) is 24.6 Å². The lowest BCUT2D eigenvalue weighted by Crippen LogP contribution is -1.96. The van der Waals surface area contributed by atoms with Crippen molar-refractivity contribution in [3.8, 4) is 11.4 Å². The van der Waals surface area contributed by atoms with Crippen molar-refractivity contribution in [3.05, 3.63) is 45.9 Å². The number of aryl methyl sites for hydroxylation is 1. The van der Waals surface area contributed by atoms with Gasteiger partial charge in [-0.2, -0.15) is 0 Å². The summed E-state index contributed by atoms with van der Waals surface area (Å²) < 4.78 is 27.6. The third-order valence-electron chi connectivity index (χ3n) is 2.93. The fraction of sp³-hybridized carbons (Fsp3) is 0.143. The normalized spacial score (nSPS) is 11.2. The number of halogens is 3. The Morgan fingerprint density at radius 1 is 1.20 bits per heavy atom. The van der Waals surface area contributed by atoms with E-state index in [1.54, 1.807) is 0 Å². The molecule has 0 aliphatic heterocycles. The van der Waals surface area contributed by atoms with Crippen LogP contribution in [0.25, 0.3) is 21.6 Å². The molecule has 2 nitrogen and oxygen atoms in total. The summed E-state index contributed by atoms with van der Waals surface area (Å²) in [7, 11) is 0. The van der Waals surface area contributed by atoms with E-state index in [-0.39, 0.29) is 16.5 Å². The molecule has 3 aromatic rings. The SMILES string of the molecule is CCc1cc2c(Cl)nc(-c3c(F)cccc3F)nc2s1. The molecule has 0 aliphatic rings. The Kier molecular flexibility index (Phi) is 3.40. The molecule has 0 spiro atoms. The molecular weight excluding hydrogens is 302 g/mol. The van der Waals surface area contributed by atoms with Gasteiger partial charge in [0.1, 0.15) is 21.6 Å². The molecule has 0 bridgehead atoms. The summed E-state index contributed by atoms with van der Waals surface area (Å²) in [5.41, 5.74) is -0.247. The average molecular weight is 311 g/mol. The maximum atomic E-state index is 13.8. The number of hydrogen-bond donors (Lipinski definition) is 0. The molecule has 2 aromatic heterocycles. The second kappa shape index (κ2) is 5.07. The van der Waals surface area contributed by atoms with Gasteiger partial charge in [0.05, 0.1) is 5.56 Å². The van der Waals surface area contributed by atoms with Gasteiger partial charge in [-0.25, -0.2) is 18.7 Å². The number of rotatable bonds is 2. The van der Waals surface area contributed by atoms with Crippen LogP contribution in [0.4, 0.5) is 8.78 Å². The van der Waals surface area contributed by atoms with Crippen LogP contribution in [-0.2, 0) is 6.42 Å². The maximum Gasteiger partial charge on any atom is 0.168 e. The first-order chi connectivity index (χ1) is 9.60. The second-order valence-electron chi connectivity index (χ2n) is 4.22. The number of hydrogen-bond acceptors (Lipinski definition) is 3. The standard InChI is InChI=1S/C14H9ClF2N2S/c1-2-7-6-8-12(15)18-13(19-14(8)20-7)11-9(16)4-3-5-10(11)17/h3-6H,2H2,1H3. The molecule has 2 heterocycles. The summed E-state index contributed by atoms with van der Waals surface area (Å²) in [4.78, 5) is 10.00. The Hall–Kier alpha value is -1.59. The van der Waals surface area contributed by atoms with E-state index in [2.05, 4.69) is 9.97 Å². The fourth-order valence-corrected chi connectivity index (χ4v) is 3.18. The van der Waals surface area contributed by atoms with E-state index < -0.39 is 11.6 Å². The predicted octanol–water partition coefficient (Wildman–Crippen LogP) is 4.85. The van der Waals surface area contributed by atoms with E-state index >= 15 is 0 Å². The molecule has 1 aromatic carbocycles. The highest BCUT2D eigenvalue weighted by Crippen LogP contribution is 2.32. The van der Waals surface area contributed by atoms with Gasteiger partial charge in [-0.1, -0.05) is 24.6 Å². The van der Waals surface area contributed by atoms with Gasteiger partial charge >= 0.3 is 0 Å². The monoisotopic (exact) mass is 310 g/mol. The molecule has 0 saturated heterocycles. The Morgan fingerprint density at radius 3 is 2.55 bits per heavy atom. The van der Waals surface area contributed by atoms with Gasteiger partial charge in [0.2, 0.25) is 0 Å². The fourth-order valence-electron chi connectivity index (χ4n) is 1.93. The minimum Gasteiger partial charge on any atom is -0.217 e. The largest absolute Gasteiger partial charge is 0.217 e. The molecule has 0 N–H and O–H groups in total. The zero-order valence-corrected chi connectivity index (χ0v) is 12.0. The molecule has 20 heavy (non-hydrogen) atoms. The van der Waals surface area contributed by atoms with Crippen molar-refractivity contribution >= 4 is 33.2 Å². The van der Waals surface area contributed by atoms with Crippen LogP contribution in [0.15, 0.2) is 24.3 Å². The van der Waals surface area contributed by atoms with Gasteiger partial charge in [-0.15, -0.1) is 11.3 Å². The van der Waals surface area contributed by atoms with Gasteiger partial charge < -0.3 is 0 Å². The zero-order chi connectivity index (χ0) is 14.3. The smallest absolute Gasteiger partial charge is 0.168 e. The molecule has 0 amide bonds. The quantitative estimate of drug-likeness (QED) is 0.632. The number of aromatic nitrogens is 2. The van der Waals surface area contributed by atoms with Crippen molar-refractivity contribution in [2.24, 2.45) is 0 Å². The first kappa shape index (κ1) is 13.4. The summed E-state index contributed by atoms with van der Waals surface area (Å²) >= 11 is 7.55. The highest BCUT2D eigenvalue weighted by Gasteiger charge is 2.17. The van der Waals surface area contributed by atoms with Crippen LogP contribution in [0.1, 0.15) is 11.8 Å². The predicted molar refractivity (Wildman–Crippen MR) is 77.2 cm³/mol. The van der Waals surface area contributed by atoms with E-state index in [9.17, 15) is 8.78 Å². The Bertz CT molecular complexity index is 781. The van der Waals surface area contributed by atoms with Crippen molar-refractivity contribution in [1.82, 2.24) is 9.97 Å². The number of nitrogens with zero attached hydrogens (tertiary/aromatic N) is 2. The van der Waals surface area contributed by atoms with Crippen LogP contribution < -0.4 is 0 Å². The van der Waals surface area contributed by atoms with E-state index in [1.165, 1.54) is 29.5 Å². The van der Waals surface area contributed by atoms with Gasteiger partial charge in [0.15, 0.2) is 5.82 Å². The number of fused-ring (bicyclic) bond motifs is 1. The molecule has 0 atom stereocenters. The second-order valence-corrected chi connectivity index (χ2v) is 5.69. The highest BCUT2D eigenvalue weighted by atomic mass is 35.5. The molecule has 102 valence electrons. The molecular formula is C14H9ClF2N2S. The van der Waals surface area contributed by atoms with Gasteiger partial charge in [0.25, 0.3) is 0 Å². The van der Waals surface area contributed by atoms with Crippen LogP contribution >= 0.6 is 22.9 Å². The van der Waals surface area contributed by atoms with E-state index in [0.717, 1.165) is 11.3 Å². The molecule has 0 aliphatic carbocycles. The first-order valence-electron chi connectivity index (χ1n) is 6.00. The van der Waals surface area contributed by atoms with Crippen LogP contribution in [0.3, 0.4) is 0 Å². The molecule has 0 radical (unpaired) electrons. The first-order valence-corrected chi connectivity index (χ1v) is 7.20. The number of benzene rings is 1. The summed E-state index contributed by atoms with van der Waals surface area (Å²) in [5, 5.41) is 0.928. The van der Waals surface area contributed by atoms with Gasteiger partial charge in [-0.3, -0.25) is 0 Å². The Balaban J connectivity index is 2.27. The molecule has 0 fully saturated rings. The van der Waals surface area contributed by atoms with Crippen molar-refractivity contribution in [2.45, 2.75) is 13.3 Å². The number of thiophene rings is 1. The maximum absolute atomic E-state index is 13.8. The topological polar surface area (TPSA) is 25.8 Å². The molecule has 0 saturated carbocycles. The van der Waals surface area contributed by atoms with E-state index in [1.807, 2.05) is 13.0 Å². The van der Waals surface area contributed by atoms with Crippen molar-refractivity contribution in [2.75, 3.05) is 0 Å². The van der Waals surface area contributed by atoms with Gasteiger partial charge in [0, 0.05) is 10.3 Å². The third kappa shape index (κ3) is 2.17. The van der Waals surface area contributed by atoms with Crippen LogP contribution in [0.2, 0.25) is 5.15 Å². The lowest BCUT2D eigenvalue weighted by molar-refractivity contribution is 0.587. The third-order valence-corrected chi connectivity index (χ3v) is 4.39. The minimum absolute atomic E-state index is 0.0254. The Labute approximate surface area is 123 Å². The highest BCUT2D eigenvalue weighted by molar-refractivity contribution is 7.18.